The van der Waals surface area contributed by atoms with E-state index < -0.39 is 37.6 Å². The largest absolute Gasteiger partial charge is 0.394 e. The summed E-state index contributed by atoms with van der Waals surface area (Å²) < 4.78 is 0. The number of hydrogen-bond donors (Lipinski definition) is 6. The molecule has 6 heteroatoms. The van der Waals surface area contributed by atoms with Crippen LogP contribution in [0.1, 0.15) is 0 Å². The number of rotatable bonds is 5. The van der Waals surface area contributed by atoms with Gasteiger partial charge in [0, 0.05) is 0 Å². The van der Waals surface area contributed by atoms with Crippen LogP contribution in [0.15, 0.2) is 0 Å². The van der Waals surface area contributed by atoms with Gasteiger partial charge in [0.25, 0.3) is 0 Å². The fraction of sp³-hybridized carbons (Fsp3) is 1.00. The molecule has 0 spiro atoms. The zero-order valence-corrected chi connectivity index (χ0v) is 6.41. The Morgan fingerprint density at radius 1 is 0.667 bits per heavy atom. The van der Waals surface area contributed by atoms with E-state index in [0.29, 0.717) is 0 Å². The Hall–Kier alpha value is -0.240. The second-order valence-corrected chi connectivity index (χ2v) is 2.48. The van der Waals surface area contributed by atoms with Crippen molar-refractivity contribution in [3.8, 4) is 0 Å². The van der Waals surface area contributed by atoms with Crippen LogP contribution < -0.4 is 0 Å². The Morgan fingerprint density at radius 3 is 1.08 bits per heavy atom. The summed E-state index contributed by atoms with van der Waals surface area (Å²) in [6.45, 7) is -1.45. The van der Waals surface area contributed by atoms with Crippen molar-refractivity contribution in [2.45, 2.75) is 24.4 Å². The molecule has 4 atom stereocenters. The zero-order valence-electron chi connectivity index (χ0n) is 6.41. The highest BCUT2D eigenvalue weighted by atomic mass is 16.4. The van der Waals surface area contributed by atoms with E-state index in [1.807, 2.05) is 0 Å². The highest BCUT2D eigenvalue weighted by molar-refractivity contribution is 4.79. The Balaban J connectivity index is 3.99. The van der Waals surface area contributed by atoms with Gasteiger partial charge in [-0.05, 0) is 0 Å². The van der Waals surface area contributed by atoms with Crippen molar-refractivity contribution >= 4 is 0 Å². The van der Waals surface area contributed by atoms with Gasteiger partial charge in [-0.1, -0.05) is 0 Å². The van der Waals surface area contributed by atoms with E-state index in [4.69, 9.17) is 30.6 Å². The van der Waals surface area contributed by atoms with E-state index >= 15 is 0 Å². The number of aliphatic hydroxyl groups excluding tert-OH is 6. The summed E-state index contributed by atoms with van der Waals surface area (Å²) >= 11 is 0. The third-order valence-electron chi connectivity index (χ3n) is 1.51. The minimum Gasteiger partial charge on any atom is -0.394 e. The highest BCUT2D eigenvalue weighted by Crippen LogP contribution is 2.03. The lowest BCUT2D eigenvalue weighted by Gasteiger charge is -2.24. The molecule has 0 aromatic heterocycles. The molecule has 0 heterocycles. The Bertz CT molecular complexity index is 105. The minimum absolute atomic E-state index is 0.726. The number of hydrogen-bond acceptors (Lipinski definition) is 6. The van der Waals surface area contributed by atoms with Crippen LogP contribution in [0.4, 0.5) is 0 Å². The molecule has 0 aliphatic rings. The van der Waals surface area contributed by atoms with E-state index in [9.17, 15) is 0 Å². The van der Waals surface area contributed by atoms with Gasteiger partial charge in [-0.25, -0.2) is 0 Å². The fourth-order valence-electron chi connectivity index (χ4n) is 0.671. The predicted molar refractivity (Wildman–Crippen MR) is 38.2 cm³/mol. The lowest BCUT2D eigenvalue weighted by Crippen LogP contribution is -2.46. The van der Waals surface area contributed by atoms with Crippen molar-refractivity contribution in [1.29, 1.82) is 0 Å². The molecule has 0 amide bonds. The fourth-order valence-corrected chi connectivity index (χ4v) is 0.671. The van der Waals surface area contributed by atoms with Crippen LogP contribution in [-0.2, 0) is 0 Å². The zero-order chi connectivity index (χ0) is 9.72. The minimum atomic E-state index is -1.67. The maximum atomic E-state index is 8.96. The lowest BCUT2D eigenvalue weighted by atomic mass is 10.0. The standard InChI is InChI=1S/C6H14O6/c7-1-3(9)5(11)6(12)4(10)2-8/h3-12H,1-2H2/t3-,4-,5-,6+/m0/s1. The third kappa shape index (κ3) is 3.02. The second-order valence-electron chi connectivity index (χ2n) is 2.48. The first-order chi connectivity index (χ1) is 5.54. The summed E-state index contributed by atoms with van der Waals surface area (Å²) in [7, 11) is 0. The first-order valence-corrected chi connectivity index (χ1v) is 3.48. The molecule has 12 heavy (non-hydrogen) atoms. The SMILES string of the molecule is OC[C@H](O)[C@H](O)[C@H](O)[C@@H](O)CO. The molecule has 6 N–H and O–H groups in total. The Labute approximate surface area is 69.3 Å². The maximum Gasteiger partial charge on any atom is 0.111 e. The molecule has 74 valence electrons. The van der Waals surface area contributed by atoms with E-state index in [1.165, 1.54) is 0 Å². The Kier molecular flexibility index (Phi) is 5.31. The van der Waals surface area contributed by atoms with Crippen molar-refractivity contribution in [3.05, 3.63) is 0 Å². The molecule has 0 rings (SSSR count). The van der Waals surface area contributed by atoms with Gasteiger partial charge in [-0.2, -0.15) is 0 Å². The average Bonchev–Trinajstić information content (AvgIpc) is 2.12. The van der Waals surface area contributed by atoms with Crippen LogP contribution in [0.3, 0.4) is 0 Å². The molecule has 0 aromatic rings. The maximum absolute atomic E-state index is 8.96. The van der Waals surface area contributed by atoms with E-state index in [2.05, 4.69) is 0 Å². The first-order valence-electron chi connectivity index (χ1n) is 3.48. The molecule has 0 saturated heterocycles. The molecular formula is C6H14O6. The molecule has 0 bridgehead atoms. The van der Waals surface area contributed by atoms with Crippen LogP contribution in [0, 0.1) is 0 Å². The molecule has 0 saturated carbocycles. The van der Waals surface area contributed by atoms with Crippen molar-refractivity contribution in [2.24, 2.45) is 0 Å². The van der Waals surface area contributed by atoms with Gasteiger partial charge in [-0.15, -0.1) is 0 Å². The highest BCUT2D eigenvalue weighted by Gasteiger charge is 2.29. The van der Waals surface area contributed by atoms with Crippen LogP contribution in [0.5, 0.6) is 0 Å². The molecule has 0 aliphatic heterocycles. The van der Waals surface area contributed by atoms with Gasteiger partial charge in [0.2, 0.25) is 0 Å². The van der Waals surface area contributed by atoms with E-state index in [0.717, 1.165) is 0 Å². The van der Waals surface area contributed by atoms with Crippen molar-refractivity contribution in [3.63, 3.8) is 0 Å². The molecule has 0 radical (unpaired) electrons. The summed E-state index contributed by atoms with van der Waals surface area (Å²) in [5.74, 6) is 0. The van der Waals surface area contributed by atoms with E-state index in [-0.39, 0.29) is 0 Å². The molecular weight excluding hydrogens is 168 g/mol. The van der Waals surface area contributed by atoms with Gasteiger partial charge in [-0.3, -0.25) is 0 Å². The van der Waals surface area contributed by atoms with Crippen LogP contribution >= 0.6 is 0 Å². The van der Waals surface area contributed by atoms with Crippen molar-refractivity contribution in [2.75, 3.05) is 13.2 Å². The number of aliphatic hydroxyl groups is 6. The van der Waals surface area contributed by atoms with E-state index in [1.54, 1.807) is 0 Å². The first kappa shape index (κ1) is 11.8. The Morgan fingerprint density at radius 2 is 0.917 bits per heavy atom. The quantitative estimate of drug-likeness (QED) is 0.261. The molecule has 0 aliphatic carbocycles. The second kappa shape index (κ2) is 5.41. The van der Waals surface area contributed by atoms with Crippen LogP contribution in [0.2, 0.25) is 0 Å². The summed E-state index contributed by atoms with van der Waals surface area (Å²) in [5.41, 5.74) is 0. The summed E-state index contributed by atoms with van der Waals surface area (Å²) in [5, 5.41) is 52.2. The topological polar surface area (TPSA) is 121 Å². The molecule has 0 unspecified atom stereocenters. The molecule has 0 aromatic carbocycles. The predicted octanol–water partition coefficient (Wildman–Crippen LogP) is -3.59. The van der Waals surface area contributed by atoms with Gasteiger partial charge < -0.3 is 30.6 Å². The van der Waals surface area contributed by atoms with Gasteiger partial charge >= 0.3 is 0 Å². The molecule has 0 fully saturated rings. The van der Waals surface area contributed by atoms with Crippen molar-refractivity contribution < 1.29 is 30.6 Å². The van der Waals surface area contributed by atoms with Crippen molar-refractivity contribution in [1.82, 2.24) is 0 Å². The summed E-state index contributed by atoms with van der Waals surface area (Å²) in [6.07, 6.45) is -6.39. The van der Waals surface area contributed by atoms with Crippen LogP contribution in [-0.4, -0.2) is 68.3 Å². The summed E-state index contributed by atoms with van der Waals surface area (Å²) in [4.78, 5) is 0. The van der Waals surface area contributed by atoms with Gasteiger partial charge in [0.1, 0.15) is 24.4 Å². The third-order valence-corrected chi connectivity index (χ3v) is 1.51. The summed E-state index contributed by atoms with van der Waals surface area (Å²) in [6, 6.07) is 0. The van der Waals surface area contributed by atoms with Gasteiger partial charge in [0.05, 0.1) is 13.2 Å². The lowest BCUT2D eigenvalue weighted by molar-refractivity contribution is -0.123. The smallest absolute Gasteiger partial charge is 0.111 e. The molecule has 6 nitrogen and oxygen atoms in total. The normalized spacial score (nSPS) is 21.5. The average molecular weight is 182 g/mol. The van der Waals surface area contributed by atoms with Gasteiger partial charge in [0.15, 0.2) is 0 Å². The van der Waals surface area contributed by atoms with Crippen LogP contribution in [0.25, 0.3) is 0 Å². The monoisotopic (exact) mass is 182 g/mol.